The van der Waals surface area contributed by atoms with Crippen molar-refractivity contribution < 1.29 is 14.0 Å². The molecule has 142 valence electrons. The Bertz CT molecular complexity index is 1170. The Labute approximate surface area is 167 Å². The fraction of sp³-hybridized carbons (Fsp3) is 0. The average Bonchev–Trinajstić information content (AvgIpc) is 3.27. The van der Waals surface area contributed by atoms with Gasteiger partial charge in [-0.25, -0.2) is 0 Å². The zero-order valence-corrected chi connectivity index (χ0v) is 15.5. The van der Waals surface area contributed by atoms with Crippen molar-refractivity contribution in [3.8, 4) is 0 Å². The highest BCUT2D eigenvalue weighted by Gasteiger charge is 2.16. The highest BCUT2D eigenvalue weighted by molar-refractivity contribution is 6.13. The Morgan fingerprint density at radius 2 is 1.55 bits per heavy atom. The van der Waals surface area contributed by atoms with Gasteiger partial charge >= 0.3 is 0 Å². The number of fused-ring (bicyclic) bond motifs is 1. The largest absolute Gasteiger partial charge is 0.465 e. The van der Waals surface area contributed by atoms with Gasteiger partial charge in [0, 0.05) is 22.7 Å². The molecule has 0 atom stereocenters. The van der Waals surface area contributed by atoms with Gasteiger partial charge in [0.1, 0.15) is 11.5 Å². The van der Waals surface area contributed by atoms with Gasteiger partial charge in [-0.05, 0) is 35.7 Å². The number of anilines is 1. The Morgan fingerprint density at radius 1 is 0.793 bits per heavy atom. The molecule has 0 saturated carbocycles. The van der Waals surface area contributed by atoms with E-state index in [9.17, 15) is 9.59 Å². The molecule has 0 unspecified atom stereocenters. The summed E-state index contributed by atoms with van der Waals surface area (Å²) in [5, 5.41) is 7.50. The third-order valence-corrected chi connectivity index (χ3v) is 4.40. The van der Waals surface area contributed by atoms with E-state index in [1.54, 1.807) is 36.4 Å². The van der Waals surface area contributed by atoms with E-state index >= 15 is 0 Å². The van der Waals surface area contributed by atoms with E-state index < -0.39 is 5.91 Å². The van der Waals surface area contributed by atoms with Gasteiger partial charge in [-0.2, -0.15) is 0 Å². The summed E-state index contributed by atoms with van der Waals surface area (Å²) >= 11 is 0. The van der Waals surface area contributed by atoms with Crippen molar-refractivity contribution in [3.05, 3.63) is 108 Å². The standard InChI is InChI=1S/C24H18N2O3/c27-23(18-9-2-1-3-10-18)26-22(16-19-12-7-15-29-19)24(28)25-21-14-6-11-17-8-4-5-13-20(17)21/h1-16H,(H,25,28)(H,26,27)/b22-16-. The van der Waals surface area contributed by atoms with Crippen LogP contribution in [0, 0.1) is 0 Å². The van der Waals surface area contributed by atoms with Crippen LogP contribution in [-0.4, -0.2) is 11.8 Å². The maximum absolute atomic E-state index is 13.0. The van der Waals surface area contributed by atoms with Crippen LogP contribution in [0.15, 0.2) is 101 Å². The molecule has 0 fully saturated rings. The van der Waals surface area contributed by atoms with Crippen molar-refractivity contribution in [2.75, 3.05) is 5.32 Å². The van der Waals surface area contributed by atoms with Crippen molar-refractivity contribution in [3.63, 3.8) is 0 Å². The zero-order chi connectivity index (χ0) is 20.1. The quantitative estimate of drug-likeness (QED) is 0.485. The lowest BCUT2D eigenvalue weighted by Gasteiger charge is -2.12. The van der Waals surface area contributed by atoms with Gasteiger partial charge in [-0.1, -0.05) is 54.6 Å². The van der Waals surface area contributed by atoms with Gasteiger partial charge in [0.2, 0.25) is 0 Å². The molecule has 4 rings (SSSR count). The van der Waals surface area contributed by atoms with Crippen molar-refractivity contribution in [1.29, 1.82) is 0 Å². The second kappa shape index (κ2) is 8.27. The topological polar surface area (TPSA) is 71.3 Å². The number of amides is 2. The number of rotatable bonds is 5. The van der Waals surface area contributed by atoms with E-state index in [2.05, 4.69) is 10.6 Å². The molecule has 1 aromatic heterocycles. The highest BCUT2D eigenvalue weighted by Crippen LogP contribution is 2.23. The Kier molecular flexibility index (Phi) is 5.21. The lowest BCUT2D eigenvalue weighted by atomic mass is 10.1. The average molecular weight is 382 g/mol. The van der Waals surface area contributed by atoms with Gasteiger partial charge in [0.25, 0.3) is 11.8 Å². The van der Waals surface area contributed by atoms with E-state index in [4.69, 9.17) is 4.42 Å². The van der Waals surface area contributed by atoms with Crippen LogP contribution < -0.4 is 10.6 Å². The van der Waals surface area contributed by atoms with Crippen molar-refractivity contribution in [2.45, 2.75) is 0 Å². The Morgan fingerprint density at radius 3 is 2.34 bits per heavy atom. The number of nitrogens with one attached hydrogen (secondary N) is 2. The summed E-state index contributed by atoms with van der Waals surface area (Å²) in [5.41, 5.74) is 1.20. The monoisotopic (exact) mass is 382 g/mol. The molecule has 0 radical (unpaired) electrons. The van der Waals surface area contributed by atoms with E-state index in [1.165, 1.54) is 12.3 Å². The molecule has 2 N–H and O–H groups in total. The van der Waals surface area contributed by atoms with Crippen LogP contribution in [0.25, 0.3) is 16.8 Å². The first-order chi connectivity index (χ1) is 14.2. The molecule has 29 heavy (non-hydrogen) atoms. The fourth-order valence-corrected chi connectivity index (χ4v) is 2.98. The normalized spacial score (nSPS) is 11.2. The molecule has 5 heteroatoms. The van der Waals surface area contributed by atoms with Gasteiger partial charge in [-0.15, -0.1) is 0 Å². The third kappa shape index (κ3) is 4.25. The first-order valence-corrected chi connectivity index (χ1v) is 9.11. The van der Waals surface area contributed by atoms with Crippen LogP contribution in [0.2, 0.25) is 0 Å². The van der Waals surface area contributed by atoms with Gasteiger partial charge in [0.15, 0.2) is 0 Å². The van der Waals surface area contributed by atoms with Crippen LogP contribution in [0.3, 0.4) is 0 Å². The van der Waals surface area contributed by atoms with E-state index in [0.717, 1.165) is 10.8 Å². The summed E-state index contributed by atoms with van der Waals surface area (Å²) < 4.78 is 5.31. The van der Waals surface area contributed by atoms with E-state index in [-0.39, 0.29) is 11.6 Å². The van der Waals surface area contributed by atoms with Crippen LogP contribution in [0.5, 0.6) is 0 Å². The first-order valence-electron chi connectivity index (χ1n) is 9.11. The number of carbonyl (C=O) groups is 2. The number of benzene rings is 3. The molecule has 1 heterocycles. The number of furan rings is 1. The fourth-order valence-electron chi connectivity index (χ4n) is 2.98. The lowest BCUT2D eigenvalue weighted by molar-refractivity contribution is -0.113. The van der Waals surface area contributed by atoms with Crippen LogP contribution in [0.1, 0.15) is 16.1 Å². The van der Waals surface area contributed by atoms with Crippen LogP contribution in [0.4, 0.5) is 5.69 Å². The molecule has 0 spiro atoms. The molecule has 0 aliphatic rings. The van der Waals surface area contributed by atoms with Crippen LogP contribution >= 0.6 is 0 Å². The predicted octanol–water partition coefficient (Wildman–Crippen LogP) is 4.84. The molecule has 3 aromatic carbocycles. The molecule has 2 amide bonds. The third-order valence-electron chi connectivity index (χ3n) is 4.40. The summed E-state index contributed by atoms with van der Waals surface area (Å²) in [6, 6.07) is 25.6. The van der Waals surface area contributed by atoms with Crippen molar-refractivity contribution >= 4 is 34.4 Å². The second-order valence-corrected chi connectivity index (χ2v) is 6.37. The molecule has 0 aliphatic heterocycles. The Balaban J connectivity index is 1.64. The number of carbonyl (C=O) groups excluding carboxylic acids is 2. The maximum atomic E-state index is 13.0. The predicted molar refractivity (Wildman–Crippen MR) is 113 cm³/mol. The molecule has 4 aromatic rings. The summed E-state index contributed by atoms with van der Waals surface area (Å²) in [6.07, 6.45) is 3.01. The van der Waals surface area contributed by atoms with Gasteiger partial charge in [-0.3, -0.25) is 9.59 Å². The summed E-state index contributed by atoms with van der Waals surface area (Å²) in [6.45, 7) is 0. The van der Waals surface area contributed by atoms with Crippen molar-refractivity contribution in [1.82, 2.24) is 5.32 Å². The lowest BCUT2D eigenvalue weighted by Crippen LogP contribution is -2.30. The minimum atomic E-state index is -0.443. The van der Waals surface area contributed by atoms with Gasteiger partial charge in [0.05, 0.1) is 6.26 Å². The Hall–Kier alpha value is -4.12. The number of hydrogen-bond acceptors (Lipinski definition) is 3. The summed E-state index contributed by atoms with van der Waals surface area (Å²) in [5.74, 6) is -0.361. The molecular weight excluding hydrogens is 364 g/mol. The molecular formula is C24H18N2O3. The smallest absolute Gasteiger partial charge is 0.272 e. The molecule has 0 saturated heterocycles. The minimum Gasteiger partial charge on any atom is -0.465 e. The zero-order valence-electron chi connectivity index (χ0n) is 15.5. The summed E-state index contributed by atoms with van der Waals surface area (Å²) in [4.78, 5) is 25.6. The van der Waals surface area contributed by atoms with Crippen LogP contribution in [-0.2, 0) is 4.79 Å². The molecule has 0 bridgehead atoms. The molecule has 0 aliphatic carbocycles. The minimum absolute atomic E-state index is 0.0849. The van der Waals surface area contributed by atoms with E-state index in [1.807, 2.05) is 48.5 Å². The second-order valence-electron chi connectivity index (χ2n) is 6.37. The first kappa shape index (κ1) is 18.3. The van der Waals surface area contributed by atoms with Crippen molar-refractivity contribution in [2.24, 2.45) is 0 Å². The van der Waals surface area contributed by atoms with Gasteiger partial charge < -0.3 is 15.1 Å². The molecule has 5 nitrogen and oxygen atoms in total. The summed E-state index contributed by atoms with van der Waals surface area (Å²) in [7, 11) is 0. The SMILES string of the molecule is O=C(Nc1cccc2ccccc12)/C(=C/c1ccco1)NC(=O)c1ccccc1. The van der Waals surface area contributed by atoms with E-state index in [0.29, 0.717) is 17.0 Å². The number of hydrogen-bond donors (Lipinski definition) is 2. The highest BCUT2D eigenvalue weighted by atomic mass is 16.3. The maximum Gasteiger partial charge on any atom is 0.272 e.